The van der Waals surface area contributed by atoms with Crippen molar-refractivity contribution < 1.29 is 4.74 Å². The second-order valence-electron chi connectivity index (χ2n) is 4.96. The summed E-state index contributed by atoms with van der Waals surface area (Å²) in [5, 5.41) is 0. The highest BCUT2D eigenvalue weighted by Crippen LogP contribution is 2.27. The number of ether oxygens (including phenoxy) is 1. The molecule has 94 valence electrons. The minimum absolute atomic E-state index is 0.148. The molecule has 0 unspecified atom stereocenters. The predicted octanol–water partition coefficient (Wildman–Crippen LogP) is 2.00. The zero-order valence-electron chi connectivity index (χ0n) is 10.7. The molecule has 4 nitrogen and oxygen atoms in total. The van der Waals surface area contributed by atoms with Crippen molar-refractivity contribution in [2.75, 3.05) is 6.61 Å². The first-order valence-electron chi connectivity index (χ1n) is 6.37. The van der Waals surface area contributed by atoms with E-state index >= 15 is 0 Å². The van der Waals surface area contributed by atoms with Crippen molar-refractivity contribution in [3.05, 3.63) is 17.6 Å². The van der Waals surface area contributed by atoms with Crippen LogP contribution in [0.4, 0.5) is 0 Å². The van der Waals surface area contributed by atoms with Crippen LogP contribution in [-0.4, -0.2) is 22.1 Å². The normalized spacial score (nSPS) is 18.3. The Morgan fingerprint density at radius 1 is 1.35 bits per heavy atom. The van der Waals surface area contributed by atoms with E-state index in [-0.39, 0.29) is 5.54 Å². The highest BCUT2D eigenvalue weighted by atomic mass is 16.5. The molecule has 0 saturated heterocycles. The zero-order chi connectivity index (χ0) is 12.3. The molecule has 1 aliphatic rings. The first-order valence-corrected chi connectivity index (χ1v) is 6.37. The van der Waals surface area contributed by atoms with Crippen LogP contribution in [-0.2, 0) is 6.42 Å². The molecule has 2 rings (SSSR count). The summed E-state index contributed by atoms with van der Waals surface area (Å²) in [6, 6.07) is 1.91. The van der Waals surface area contributed by atoms with E-state index < -0.39 is 0 Å². The molecule has 0 bridgehead atoms. The van der Waals surface area contributed by atoms with Gasteiger partial charge in [-0.05, 0) is 26.2 Å². The number of hydrogen-bond donors (Lipinski definition) is 1. The molecule has 1 saturated carbocycles. The minimum Gasteiger partial charge on any atom is -0.476 e. The highest BCUT2D eigenvalue weighted by molar-refractivity contribution is 5.16. The molecule has 1 heterocycles. The molecule has 1 fully saturated rings. The van der Waals surface area contributed by atoms with Gasteiger partial charge < -0.3 is 10.5 Å². The van der Waals surface area contributed by atoms with Gasteiger partial charge in [-0.25, -0.2) is 4.98 Å². The molecule has 1 aliphatic carbocycles. The molecule has 0 spiro atoms. The van der Waals surface area contributed by atoms with Gasteiger partial charge in [0, 0.05) is 11.8 Å². The quantitative estimate of drug-likeness (QED) is 0.867. The summed E-state index contributed by atoms with van der Waals surface area (Å²) in [5.41, 5.74) is 7.12. The molecule has 2 N–H and O–H groups in total. The maximum absolute atomic E-state index is 6.25. The third kappa shape index (κ3) is 3.16. The van der Waals surface area contributed by atoms with Gasteiger partial charge in [0.15, 0.2) is 0 Å². The lowest BCUT2D eigenvalue weighted by Crippen LogP contribution is -2.42. The first-order chi connectivity index (χ1) is 8.11. The van der Waals surface area contributed by atoms with Crippen molar-refractivity contribution in [3.63, 3.8) is 0 Å². The summed E-state index contributed by atoms with van der Waals surface area (Å²) >= 11 is 0. The van der Waals surface area contributed by atoms with E-state index in [0.717, 1.165) is 30.8 Å². The fraction of sp³-hybridized carbons (Fsp3) is 0.692. The number of rotatable bonds is 4. The molecule has 0 aromatic carbocycles. The van der Waals surface area contributed by atoms with Crippen LogP contribution in [0.15, 0.2) is 6.07 Å². The topological polar surface area (TPSA) is 61.0 Å². The van der Waals surface area contributed by atoms with E-state index in [4.69, 9.17) is 10.5 Å². The Kier molecular flexibility index (Phi) is 3.62. The summed E-state index contributed by atoms with van der Waals surface area (Å²) in [7, 11) is 0. The Bertz CT molecular complexity index is 386. The lowest BCUT2D eigenvalue weighted by Gasteiger charge is -2.23. The van der Waals surface area contributed by atoms with Crippen LogP contribution in [0.5, 0.6) is 5.88 Å². The summed E-state index contributed by atoms with van der Waals surface area (Å²) in [6.45, 7) is 4.53. The number of nitrogens with zero attached hydrogens (tertiary/aromatic N) is 2. The molecule has 17 heavy (non-hydrogen) atoms. The number of aryl methyl sites for hydroxylation is 2. The third-order valence-electron chi connectivity index (χ3n) is 3.34. The molecule has 0 atom stereocenters. The number of aromatic nitrogens is 2. The SMILES string of the molecule is CCc1cc(OCC2(N)CCCC2)nc(C)n1. The van der Waals surface area contributed by atoms with Crippen LogP contribution < -0.4 is 10.5 Å². The average Bonchev–Trinajstić information content (AvgIpc) is 2.73. The van der Waals surface area contributed by atoms with Gasteiger partial charge in [0.05, 0.1) is 5.54 Å². The fourth-order valence-electron chi connectivity index (χ4n) is 2.30. The minimum atomic E-state index is -0.148. The van der Waals surface area contributed by atoms with E-state index in [1.54, 1.807) is 0 Å². The van der Waals surface area contributed by atoms with E-state index in [1.165, 1.54) is 12.8 Å². The van der Waals surface area contributed by atoms with Gasteiger partial charge >= 0.3 is 0 Å². The summed E-state index contributed by atoms with van der Waals surface area (Å²) < 4.78 is 5.74. The summed E-state index contributed by atoms with van der Waals surface area (Å²) in [5.74, 6) is 1.42. The van der Waals surface area contributed by atoms with Crippen molar-refractivity contribution in [2.45, 2.75) is 51.5 Å². The van der Waals surface area contributed by atoms with E-state index in [0.29, 0.717) is 12.5 Å². The Hall–Kier alpha value is -1.16. The standard InChI is InChI=1S/C13H21N3O/c1-3-11-8-12(16-10(2)15-11)17-9-13(14)6-4-5-7-13/h8H,3-7,9,14H2,1-2H3. The van der Waals surface area contributed by atoms with Crippen molar-refractivity contribution >= 4 is 0 Å². The molecule has 1 aromatic rings. The van der Waals surface area contributed by atoms with Crippen LogP contribution in [0, 0.1) is 6.92 Å². The Morgan fingerprint density at radius 2 is 2.06 bits per heavy atom. The van der Waals surface area contributed by atoms with Gasteiger partial charge in [-0.2, -0.15) is 4.98 Å². The lowest BCUT2D eigenvalue weighted by atomic mass is 10.0. The van der Waals surface area contributed by atoms with Crippen molar-refractivity contribution in [1.82, 2.24) is 9.97 Å². The third-order valence-corrected chi connectivity index (χ3v) is 3.34. The molecular formula is C13H21N3O. The second-order valence-corrected chi connectivity index (χ2v) is 4.96. The predicted molar refractivity (Wildman–Crippen MR) is 67.0 cm³/mol. The van der Waals surface area contributed by atoms with E-state index in [9.17, 15) is 0 Å². The van der Waals surface area contributed by atoms with Crippen LogP contribution in [0.1, 0.15) is 44.1 Å². The Morgan fingerprint density at radius 3 is 2.71 bits per heavy atom. The van der Waals surface area contributed by atoms with Crippen molar-refractivity contribution in [3.8, 4) is 5.88 Å². The zero-order valence-corrected chi connectivity index (χ0v) is 10.7. The van der Waals surface area contributed by atoms with E-state index in [1.807, 2.05) is 13.0 Å². The Labute approximate surface area is 103 Å². The Balaban J connectivity index is 2.00. The molecule has 1 aromatic heterocycles. The van der Waals surface area contributed by atoms with Gasteiger partial charge in [0.2, 0.25) is 5.88 Å². The van der Waals surface area contributed by atoms with Crippen LogP contribution in [0.3, 0.4) is 0 Å². The largest absolute Gasteiger partial charge is 0.476 e. The summed E-state index contributed by atoms with van der Waals surface area (Å²) in [4.78, 5) is 8.61. The van der Waals surface area contributed by atoms with E-state index in [2.05, 4.69) is 16.9 Å². The van der Waals surface area contributed by atoms with Crippen LogP contribution in [0.2, 0.25) is 0 Å². The highest BCUT2D eigenvalue weighted by Gasteiger charge is 2.30. The number of nitrogens with two attached hydrogens (primary N) is 1. The summed E-state index contributed by atoms with van der Waals surface area (Å²) in [6.07, 6.45) is 5.43. The average molecular weight is 235 g/mol. The van der Waals surface area contributed by atoms with Crippen molar-refractivity contribution in [1.29, 1.82) is 0 Å². The van der Waals surface area contributed by atoms with Crippen molar-refractivity contribution in [2.24, 2.45) is 5.73 Å². The fourth-order valence-corrected chi connectivity index (χ4v) is 2.30. The molecular weight excluding hydrogens is 214 g/mol. The van der Waals surface area contributed by atoms with Gasteiger partial charge in [-0.1, -0.05) is 19.8 Å². The number of hydrogen-bond acceptors (Lipinski definition) is 4. The maximum atomic E-state index is 6.25. The first kappa shape index (κ1) is 12.3. The van der Waals surface area contributed by atoms with Gasteiger partial charge in [-0.3, -0.25) is 0 Å². The lowest BCUT2D eigenvalue weighted by molar-refractivity contribution is 0.212. The van der Waals surface area contributed by atoms with Crippen LogP contribution >= 0.6 is 0 Å². The van der Waals surface area contributed by atoms with Gasteiger partial charge in [0.1, 0.15) is 12.4 Å². The second kappa shape index (κ2) is 5.00. The van der Waals surface area contributed by atoms with Gasteiger partial charge in [0.25, 0.3) is 0 Å². The molecule has 0 aliphatic heterocycles. The molecule has 4 heteroatoms. The maximum Gasteiger partial charge on any atom is 0.216 e. The van der Waals surface area contributed by atoms with Crippen LogP contribution in [0.25, 0.3) is 0 Å². The van der Waals surface area contributed by atoms with Gasteiger partial charge in [-0.15, -0.1) is 0 Å². The smallest absolute Gasteiger partial charge is 0.216 e. The monoisotopic (exact) mass is 235 g/mol. The molecule has 0 amide bonds. The molecule has 0 radical (unpaired) electrons.